The normalized spacial score (nSPS) is 27.0. The Bertz CT molecular complexity index is 1170. The van der Waals surface area contributed by atoms with Gasteiger partial charge in [0.1, 0.15) is 5.82 Å². The Hall–Kier alpha value is -2.86. The molecule has 1 amide bonds. The molecular weight excluding hydrogens is 400 g/mol. The standard InChI is InChI=1S/C26H30N4O2/c1-17-7-8-20-21(29(17)25(31)32)9-10-22-24(20)28-23(13-18-5-3-2-4-6-18)30(22)19-14-26(15-19)11-12-27-16-26/h2-6,9-10,17,19,27H,7-8,11-16H2,1H3,(H,31,32)/t17-,19?,26?/m0/s1. The van der Waals surface area contributed by atoms with Crippen LogP contribution in [0.25, 0.3) is 11.0 Å². The van der Waals surface area contributed by atoms with Crippen LogP contribution in [-0.4, -0.2) is 39.9 Å². The quantitative estimate of drug-likeness (QED) is 0.628. The van der Waals surface area contributed by atoms with Gasteiger partial charge in [-0.05, 0) is 68.7 Å². The number of rotatable bonds is 3. The third-order valence-electron chi connectivity index (χ3n) is 7.97. The summed E-state index contributed by atoms with van der Waals surface area (Å²) >= 11 is 0. The first-order valence-electron chi connectivity index (χ1n) is 11.8. The van der Waals surface area contributed by atoms with Crippen molar-refractivity contribution in [2.45, 2.75) is 57.5 Å². The van der Waals surface area contributed by atoms with Crippen LogP contribution in [0.15, 0.2) is 42.5 Å². The lowest BCUT2D eigenvalue weighted by Crippen LogP contribution is -2.41. The van der Waals surface area contributed by atoms with Crippen molar-refractivity contribution >= 4 is 22.8 Å². The van der Waals surface area contributed by atoms with E-state index in [0.29, 0.717) is 11.5 Å². The molecule has 1 spiro atoms. The van der Waals surface area contributed by atoms with Crippen molar-refractivity contribution in [2.24, 2.45) is 5.41 Å². The minimum Gasteiger partial charge on any atom is -0.465 e. The number of anilines is 1. The Morgan fingerprint density at radius 2 is 2.03 bits per heavy atom. The van der Waals surface area contributed by atoms with Gasteiger partial charge in [-0.1, -0.05) is 30.3 Å². The van der Waals surface area contributed by atoms with Crippen LogP contribution in [0.1, 0.15) is 55.6 Å². The number of hydrogen-bond acceptors (Lipinski definition) is 3. The van der Waals surface area contributed by atoms with Gasteiger partial charge < -0.3 is 15.0 Å². The summed E-state index contributed by atoms with van der Waals surface area (Å²) in [5.74, 6) is 1.10. The number of carboxylic acid groups (broad SMARTS) is 1. The fraction of sp³-hybridized carbons (Fsp3) is 0.462. The lowest BCUT2D eigenvalue weighted by Gasteiger charge is -2.46. The maximum atomic E-state index is 12.0. The number of nitrogens with one attached hydrogen (secondary N) is 1. The van der Waals surface area contributed by atoms with Gasteiger partial charge in [0.25, 0.3) is 0 Å². The molecule has 1 saturated heterocycles. The van der Waals surface area contributed by atoms with Gasteiger partial charge >= 0.3 is 6.09 Å². The number of fused-ring (bicyclic) bond motifs is 3. The molecule has 1 atom stereocenters. The summed E-state index contributed by atoms with van der Waals surface area (Å²) in [5.41, 5.74) is 5.78. The van der Waals surface area contributed by atoms with Crippen LogP contribution in [0.2, 0.25) is 0 Å². The Morgan fingerprint density at radius 3 is 2.75 bits per heavy atom. The van der Waals surface area contributed by atoms with Crippen LogP contribution in [0, 0.1) is 5.41 Å². The fourth-order valence-electron chi connectivity index (χ4n) is 6.31. The highest BCUT2D eigenvalue weighted by molar-refractivity contribution is 5.94. The Balaban J connectivity index is 1.46. The Labute approximate surface area is 188 Å². The summed E-state index contributed by atoms with van der Waals surface area (Å²) in [4.78, 5) is 18.7. The van der Waals surface area contributed by atoms with E-state index in [0.717, 1.165) is 54.9 Å². The molecule has 3 heterocycles. The number of aryl methyl sites for hydroxylation is 1. The molecule has 3 aromatic rings. The lowest BCUT2D eigenvalue weighted by atomic mass is 9.65. The SMILES string of the molecule is C[C@H]1CCc2c(ccc3c2nc(Cc2ccccc2)n3C2CC3(CCNC3)C2)N1C(=O)O. The van der Waals surface area contributed by atoms with Gasteiger partial charge in [-0.15, -0.1) is 0 Å². The highest BCUT2D eigenvalue weighted by atomic mass is 16.4. The van der Waals surface area contributed by atoms with Crippen molar-refractivity contribution in [1.82, 2.24) is 14.9 Å². The third-order valence-corrected chi connectivity index (χ3v) is 7.97. The minimum atomic E-state index is -0.878. The van der Waals surface area contributed by atoms with Crippen LogP contribution < -0.4 is 10.2 Å². The molecule has 0 bridgehead atoms. The monoisotopic (exact) mass is 430 g/mol. The van der Waals surface area contributed by atoms with E-state index >= 15 is 0 Å². The van der Waals surface area contributed by atoms with Crippen molar-refractivity contribution in [3.8, 4) is 0 Å². The third kappa shape index (κ3) is 3.04. The molecule has 0 unspecified atom stereocenters. The summed E-state index contributed by atoms with van der Waals surface area (Å²) in [5, 5.41) is 13.4. The number of hydrogen-bond donors (Lipinski definition) is 2. The summed E-state index contributed by atoms with van der Waals surface area (Å²) in [6.45, 7) is 4.25. The molecule has 2 fully saturated rings. The molecular formula is C26H30N4O2. The first-order chi connectivity index (χ1) is 15.5. The van der Waals surface area contributed by atoms with E-state index in [-0.39, 0.29) is 6.04 Å². The van der Waals surface area contributed by atoms with Gasteiger partial charge in [-0.2, -0.15) is 0 Å². The second kappa shape index (κ2) is 7.34. The van der Waals surface area contributed by atoms with Crippen LogP contribution >= 0.6 is 0 Å². The largest absolute Gasteiger partial charge is 0.465 e. The summed E-state index contributed by atoms with van der Waals surface area (Å²) in [7, 11) is 0. The van der Waals surface area contributed by atoms with E-state index in [1.54, 1.807) is 0 Å². The first-order valence-corrected chi connectivity index (χ1v) is 11.8. The summed E-state index contributed by atoms with van der Waals surface area (Å²) < 4.78 is 2.48. The number of benzene rings is 2. The Kier molecular flexibility index (Phi) is 4.54. The molecule has 2 N–H and O–H groups in total. The fourth-order valence-corrected chi connectivity index (χ4v) is 6.31. The zero-order valence-electron chi connectivity index (χ0n) is 18.6. The number of imidazole rings is 1. The number of amides is 1. The van der Waals surface area contributed by atoms with Gasteiger partial charge in [-0.3, -0.25) is 4.90 Å². The van der Waals surface area contributed by atoms with Crippen LogP contribution in [0.5, 0.6) is 0 Å². The minimum absolute atomic E-state index is 0.00955. The molecule has 1 saturated carbocycles. The summed E-state index contributed by atoms with van der Waals surface area (Å²) in [6.07, 6.45) is 5.29. The van der Waals surface area contributed by atoms with Crippen LogP contribution in [-0.2, 0) is 12.8 Å². The van der Waals surface area contributed by atoms with Gasteiger partial charge in [0, 0.05) is 30.6 Å². The zero-order chi connectivity index (χ0) is 21.9. The van der Waals surface area contributed by atoms with Crippen LogP contribution in [0.3, 0.4) is 0 Å². The van der Waals surface area contributed by atoms with E-state index in [1.165, 1.54) is 35.2 Å². The van der Waals surface area contributed by atoms with Crippen molar-refractivity contribution in [2.75, 3.05) is 18.0 Å². The molecule has 32 heavy (non-hydrogen) atoms. The maximum Gasteiger partial charge on any atom is 0.412 e. The van der Waals surface area contributed by atoms with E-state index in [4.69, 9.17) is 4.98 Å². The maximum absolute atomic E-state index is 12.0. The average Bonchev–Trinajstić information content (AvgIpc) is 3.38. The van der Waals surface area contributed by atoms with Crippen molar-refractivity contribution < 1.29 is 9.90 Å². The molecule has 2 aromatic carbocycles. The molecule has 6 rings (SSSR count). The molecule has 1 aliphatic carbocycles. The van der Waals surface area contributed by atoms with Gasteiger partial charge in [0.15, 0.2) is 0 Å². The van der Waals surface area contributed by atoms with Gasteiger partial charge in [0.05, 0.1) is 16.7 Å². The van der Waals surface area contributed by atoms with Gasteiger partial charge in [0.2, 0.25) is 0 Å². The molecule has 3 aliphatic rings. The highest BCUT2D eigenvalue weighted by Crippen LogP contribution is 2.53. The molecule has 1 aromatic heterocycles. The smallest absolute Gasteiger partial charge is 0.412 e. The summed E-state index contributed by atoms with van der Waals surface area (Å²) in [6, 6.07) is 15.1. The first kappa shape index (κ1) is 19.8. The second-order valence-electron chi connectivity index (χ2n) is 10.0. The number of aromatic nitrogens is 2. The predicted molar refractivity (Wildman–Crippen MR) is 125 cm³/mol. The van der Waals surface area contributed by atoms with E-state index in [2.05, 4.69) is 40.2 Å². The van der Waals surface area contributed by atoms with Crippen molar-refractivity contribution in [3.63, 3.8) is 0 Å². The topological polar surface area (TPSA) is 70.4 Å². The van der Waals surface area contributed by atoms with E-state index in [1.807, 2.05) is 19.1 Å². The highest BCUT2D eigenvalue weighted by Gasteiger charge is 2.47. The van der Waals surface area contributed by atoms with E-state index in [9.17, 15) is 9.90 Å². The van der Waals surface area contributed by atoms with Gasteiger partial charge in [-0.25, -0.2) is 9.78 Å². The molecule has 6 heteroatoms. The number of nitrogens with zero attached hydrogens (tertiary/aromatic N) is 3. The molecule has 0 radical (unpaired) electrons. The molecule has 2 aliphatic heterocycles. The van der Waals surface area contributed by atoms with Crippen molar-refractivity contribution in [1.29, 1.82) is 0 Å². The zero-order valence-corrected chi connectivity index (χ0v) is 18.6. The second-order valence-corrected chi connectivity index (χ2v) is 10.0. The predicted octanol–water partition coefficient (Wildman–Crippen LogP) is 4.76. The van der Waals surface area contributed by atoms with Crippen molar-refractivity contribution in [3.05, 3.63) is 59.4 Å². The molecule has 6 nitrogen and oxygen atoms in total. The average molecular weight is 431 g/mol. The number of carbonyl (C=O) groups is 1. The van der Waals surface area contributed by atoms with Crippen LogP contribution in [0.4, 0.5) is 10.5 Å². The lowest BCUT2D eigenvalue weighted by molar-refractivity contribution is 0.0849. The Morgan fingerprint density at radius 1 is 1.22 bits per heavy atom. The van der Waals surface area contributed by atoms with E-state index < -0.39 is 6.09 Å². The molecule has 166 valence electrons.